The zero-order chi connectivity index (χ0) is 8.48. The van der Waals surface area contributed by atoms with Gasteiger partial charge in [0.25, 0.3) is 0 Å². The lowest BCUT2D eigenvalue weighted by atomic mass is 10.1. The van der Waals surface area contributed by atoms with E-state index in [2.05, 4.69) is 0 Å². The van der Waals surface area contributed by atoms with Gasteiger partial charge in [-0.1, -0.05) is 28.7 Å². The predicted octanol–water partition coefficient (Wildman–Crippen LogP) is 1.14. The van der Waals surface area contributed by atoms with Gasteiger partial charge in [-0.3, -0.25) is 0 Å². The molecule has 1 aliphatic carbocycles. The van der Waals surface area contributed by atoms with Gasteiger partial charge in [0, 0.05) is 7.11 Å². The summed E-state index contributed by atoms with van der Waals surface area (Å²) in [4.78, 5) is 0. The molecule has 1 rings (SSSR count). The van der Waals surface area contributed by atoms with Crippen molar-refractivity contribution >= 4 is 22.6 Å². The van der Waals surface area contributed by atoms with Crippen molar-refractivity contribution in [3.8, 4) is 0 Å². The van der Waals surface area contributed by atoms with Crippen LogP contribution in [0, 0.1) is 0 Å². The number of allylic oxidation sites excluding steroid dienone is 2. The summed E-state index contributed by atoms with van der Waals surface area (Å²) < 4.78 is 4.39. The fourth-order valence-electron chi connectivity index (χ4n) is 0.837. The molecule has 4 heteroatoms. The van der Waals surface area contributed by atoms with Crippen LogP contribution in [0.25, 0.3) is 0 Å². The van der Waals surface area contributed by atoms with Crippen LogP contribution in [0.3, 0.4) is 0 Å². The molecule has 0 heterocycles. The summed E-state index contributed by atoms with van der Waals surface area (Å²) in [5.41, 5.74) is 0. The van der Waals surface area contributed by atoms with Gasteiger partial charge >= 0.3 is 0 Å². The van der Waals surface area contributed by atoms with Gasteiger partial charge in [0.2, 0.25) is 5.79 Å². The third-order valence-electron chi connectivity index (χ3n) is 1.55. The molecule has 1 aliphatic rings. The molecule has 11 heavy (non-hydrogen) atoms. The molecule has 0 fully saturated rings. The summed E-state index contributed by atoms with van der Waals surface area (Å²) in [5.74, 6) is -1.24. The monoisotopic (exact) mass is 268 g/mol. The maximum absolute atomic E-state index is 9.60. The number of aliphatic hydroxyl groups is 2. The van der Waals surface area contributed by atoms with Crippen molar-refractivity contribution < 1.29 is 14.9 Å². The van der Waals surface area contributed by atoms with E-state index < -0.39 is 9.71 Å². The molecule has 0 saturated carbocycles. The Morgan fingerprint density at radius 1 is 1.73 bits per heavy atom. The van der Waals surface area contributed by atoms with Crippen LogP contribution >= 0.6 is 22.6 Å². The first-order valence-electron chi connectivity index (χ1n) is 3.10. The molecule has 0 bridgehead atoms. The fraction of sp³-hybridized carbons (Fsp3) is 0.429. The van der Waals surface area contributed by atoms with E-state index in [1.54, 1.807) is 6.08 Å². The molecule has 0 spiro atoms. The minimum Gasteiger partial charge on any atom is -0.511 e. The van der Waals surface area contributed by atoms with Crippen LogP contribution < -0.4 is 0 Å². The zero-order valence-electron chi connectivity index (χ0n) is 5.99. The van der Waals surface area contributed by atoms with E-state index in [0.717, 1.165) is 0 Å². The van der Waals surface area contributed by atoms with E-state index in [1.807, 2.05) is 22.6 Å². The Hall–Kier alpha value is -0.0700. The number of rotatable bonds is 1. The largest absolute Gasteiger partial charge is 0.511 e. The summed E-state index contributed by atoms with van der Waals surface area (Å²) in [7, 11) is 1.40. The first-order chi connectivity index (χ1) is 5.10. The Kier molecular flexibility index (Phi) is 2.56. The number of alkyl halides is 1. The van der Waals surface area contributed by atoms with E-state index >= 15 is 0 Å². The van der Waals surface area contributed by atoms with Gasteiger partial charge in [-0.05, 0) is 12.2 Å². The van der Waals surface area contributed by atoms with Crippen molar-refractivity contribution in [3.63, 3.8) is 0 Å². The molecule has 0 aliphatic heterocycles. The normalized spacial score (nSPS) is 37.0. The van der Waals surface area contributed by atoms with Crippen LogP contribution in [0.2, 0.25) is 0 Å². The van der Waals surface area contributed by atoms with Crippen molar-refractivity contribution in [1.82, 2.24) is 0 Å². The highest BCUT2D eigenvalue weighted by atomic mass is 127. The van der Waals surface area contributed by atoms with Crippen molar-refractivity contribution in [2.45, 2.75) is 9.71 Å². The van der Waals surface area contributed by atoms with Crippen LogP contribution in [0.15, 0.2) is 24.0 Å². The minimum atomic E-state index is -1.36. The first-order valence-corrected chi connectivity index (χ1v) is 4.34. The van der Waals surface area contributed by atoms with Crippen LogP contribution in [-0.4, -0.2) is 27.0 Å². The van der Waals surface area contributed by atoms with Crippen LogP contribution in [-0.2, 0) is 4.74 Å². The second-order valence-corrected chi connectivity index (χ2v) is 3.51. The van der Waals surface area contributed by atoms with Gasteiger partial charge in [-0.25, -0.2) is 0 Å². The van der Waals surface area contributed by atoms with Crippen molar-refractivity contribution in [2.24, 2.45) is 0 Å². The smallest absolute Gasteiger partial charge is 0.204 e. The molecule has 3 nitrogen and oxygen atoms in total. The van der Waals surface area contributed by atoms with Gasteiger partial charge in [0.15, 0.2) is 0 Å². The SMILES string of the molecule is COC1(O)C=CC=C(O)C1I. The second-order valence-electron chi connectivity index (χ2n) is 2.27. The first kappa shape index (κ1) is 9.02. The highest BCUT2D eigenvalue weighted by Gasteiger charge is 2.36. The molecule has 62 valence electrons. The van der Waals surface area contributed by atoms with E-state index in [-0.39, 0.29) is 5.76 Å². The van der Waals surface area contributed by atoms with Gasteiger partial charge in [-0.15, -0.1) is 0 Å². The molecule has 2 atom stereocenters. The molecule has 0 aromatic rings. The van der Waals surface area contributed by atoms with Crippen molar-refractivity contribution in [2.75, 3.05) is 7.11 Å². The molecule has 0 saturated heterocycles. The van der Waals surface area contributed by atoms with Crippen LogP contribution in [0.5, 0.6) is 0 Å². The number of methoxy groups -OCH3 is 1. The standard InChI is InChI=1S/C7H9IO3/c1-11-7(10)4-2-3-5(9)6(7)8/h2-4,6,9-10H,1H3. The molecule has 0 aromatic heterocycles. The molecule has 0 radical (unpaired) electrons. The number of ether oxygens (including phenoxy) is 1. The number of hydrogen-bond donors (Lipinski definition) is 2. The lowest BCUT2D eigenvalue weighted by Crippen LogP contribution is -2.40. The van der Waals surface area contributed by atoms with Crippen molar-refractivity contribution in [3.05, 3.63) is 24.0 Å². The molecular formula is C7H9IO3. The highest BCUT2D eigenvalue weighted by Crippen LogP contribution is 2.29. The topological polar surface area (TPSA) is 49.7 Å². The molecule has 2 unspecified atom stereocenters. The molecule has 0 aromatic carbocycles. The molecule has 2 N–H and O–H groups in total. The Morgan fingerprint density at radius 2 is 2.36 bits per heavy atom. The summed E-state index contributed by atoms with van der Waals surface area (Å²) in [5, 5.41) is 18.8. The lowest BCUT2D eigenvalue weighted by molar-refractivity contribution is -0.141. The maximum Gasteiger partial charge on any atom is 0.204 e. The predicted molar refractivity (Wildman–Crippen MR) is 49.6 cm³/mol. The number of halogens is 1. The third kappa shape index (κ3) is 1.57. The Bertz CT molecular complexity index is 212. The highest BCUT2D eigenvalue weighted by molar-refractivity contribution is 14.1. The van der Waals surface area contributed by atoms with E-state index in [9.17, 15) is 10.2 Å². The molecular weight excluding hydrogens is 259 g/mol. The minimum absolute atomic E-state index is 0.123. The van der Waals surface area contributed by atoms with E-state index in [4.69, 9.17) is 4.74 Å². The summed E-state index contributed by atoms with van der Waals surface area (Å²) in [6.07, 6.45) is 4.60. The van der Waals surface area contributed by atoms with E-state index in [1.165, 1.54) is 19.3 Å². The van der Waals surface area contributed by atoms with Crippen molar-refractivity contribution in [1.29, 1.82) is 0 Å². The van der Waals surface area contributed by atoms with E-state index in [0.29, 0.717) is 0 Å². The third-order valence-corrected chi connectivity index (χ3v) is 3.08. The van der Waals surface area contributed by atoms with Gasteiger partial charge in [-0.2, -0.15) is 0 Å². The molecule has 0 amide bonds. The van der Waals surface area contributed by atoms with Gasteiger partial charge in [0.05, 0.1) is 0 Å². The zero-order valence-corrected chi connectivity index (χ0v) is 8.15. The number of aliphatic hydroxyl groups excluding tert-OH is 1. The quantitative estimate of drug-likeness (QED) is 0.426. The summed E-state index contributed by atoms with van der Waals surface area (Å²) in [6, 6.07) is 0. The van der Waals surface area contributed by atoms with Crippen LogP contribution in [0.4, 0.5) is 0 Å². The summed E-state index contributed by atoms with van der Waals surface area (Å²) >= 11 is 1.92. The average Bonchev–Trinajstić information content (AvgIpc) is 2.00. The van der Waals surface area contributed by atoms with Crippen LogP contribution in [0.1, 0.15) is 0 Å². The summed E-state index contributed by atoms with van der Waals surface area (Å²) in [6.45, 7) is 0. The second kappa shape index (κ2) is 3.12. The Balaban J connectivity index is 2.88. The lowest BCUT2D eigenvalue weighted by Gasteiger charge is -2.29. The fourth-order valence-corrected chi connectivity index (χ4v) is 1.51. The van der Waals surface area contributed by atoms with Gasteiger partial charge in [0.1, 0.15) is 9.68 Å². The maximum atomic E-state index is 9.60. The number of hydrogen-bond acceptors (Lipinski definition) is 3. The van der Waals surface area contributed by atoms with Gasteiger partial charge < -0.3 is 14.9 Å². The Morgan fingerprint density at radius 3 is 2.82 bits per heavy atom. The average molecular weight is 268 g/mol. The Labute approximate surface area is 78.5 Å².